The summed E-state index contributed by atoms with van der Waals surface area (Å²) < 4.78 is 0. The van der Waals surface area contributed by atoms with Crippen LogP contribution in [0.4, 0.5) is 0 Å². The highest BCUT2D eigenvalue weighted by Crippen LogP contribution is 2.23. The lowest BCUT2D eigenvalue weighted by molar-refractivity contribution is -0.141. The van der Waals surface area contributed by atoms with E-state index in [1.165, 1.54) is 5.56 Å². The van der Waals surface area contributed by atoms with Crippen LogP contribution in [0.25, 0.3) is 0 Å². The van der Waals surface area contributed by atoms with E-state index < -0.39 is 6.04 Å². The first kappa shape index (κ1) is 26.9. The number of hydrogen-bond acceptors (Lipinski definition) is 2. The Morgan fingerprint density at radius 3 is 2.22 bits per heavy atom. The monoisotopic (exact) mass is 516 g/mol. The molecular formula is C32H37ClN2O2. The maximum atomic E-state index is 13.8. The van der Waals surface area contributed by atoms with Crippen molar-refractivity contribution in [3.63, 3.8) is 0 Å². The molecule has 1 atom stereocenters. The second kappa shape index (κ2) is 13.4. The first-order chi connectivity index (χ1) is 18.0. The van der Waals surface area contributed by atoms with Gasteiger partial charge in [0.05, 0.1) is 0 Å². The molecule has 1 fully saturated rings. The highest BCUT2D eigenvalue weighted by molar-refractivity contribution is 6.31. The third-order valence-electron chi connectivity index (χ3n) is 7.33. The van der Waals surface area contributed by atoms with Crippen molar-refractivity contribution in [3.05, 3.63) is 106 Å². The minimum atomic E-state index is -0.616. The fraction of sp³-hybridized carbons (Fsp3) is 0.375. The Morgan fingerprint density at radius 2 is 1.54 bits per heavy atom. The number of carbonyl (C=O) groups is 2. The average Bonchev–Trinajstić information content (AvgIpc) is 3.44. The molecule has 3 aromatic carbocycles. The molecule has 1 aliphatic rings. The van der Waals surface area contributed by atoms with E-state index >= 15 is 0 Å². The Hall–Kier alpha value is -3.11. The molecule has 0 aliphatic heterocycles. The molecule has 37 heavy (non-hydrogen) atoms. The molecule has 1 aliphatic carbocycles. The van der Waals surface area contributed by atoms with E-state index in [0.717, 1.165) is 48.8 Å². The molecule has 3 aromatic rings. The summed E-state index contributed by atoms with van der Waals surface area (Å²) in [6, 6.07) is 25.5. The van der Waals surface area contributed by atoms with Crippen molar-refractivity contribution >= 4 is 23.4 Å². The summed E-state index contributed by atoms with van der Waals surface area (Å²) in [6.45, 7) is 2.43. The van der Waals surface area contributed by atoms with E-state index in [4.69, 9.17) is 11.6 Å². The van der Waals surface area contributed by atoms with Crippen molar-refractivity contribution in [2.45, 2.75) is 76.9 Å². The van der Waals surface area contributed by atoms with Crippen LogP contribution < -0.4 is 5.32 Å². The van der Waals surface area contributed by atoms with Crippen LogP contribution in [0.1, 0.15) is 61.3 Å². The Labute approximate surface area is 226 Å². The fourth-order valence-corrected chi connectivity index (χ4v) is 5.26. The van der Waals surface area contributed by atoms with E-state index in [2.05, 4.69) is 36.5 Å². The summed E-state index contributed by atoms with van der Waals surface area (Å²) in [7, 11) is 0. The lowest BCUT2D eigenvalue weighted by Gasteiger charge is -2.32. The Morgan fingerprint density at radius 1 is 0.892 bits per heavy atom. The van der Waals surface area contributed by atoms with Crippen LogP contribution >= 0.6 is 11.6 Å². The van der Waals surface area contributed by atoms with Gasteiger partial charge in [0.2, 0.25) is 11.8 Å². The number of rotatable bonds is 11. The summed E-state index contributed by atoms with van der Waals surface area (Å²) in [6.07, 6.45) is 6.66. The molecule has 2 amide bonds. The highest BCUT2D eigenvalue weighted by Gasteiger charge is 2.32. The topological polar surface area (TPSA) is 49.4 Å². The molecule has 0 heterocycles. The number of nitrogens with zero attached hydrogens (tertiary/aromatic N) is 1. The van der Waals surface area contributed by atoms with Crippen molar-refractivity contribution in [2.75, 3.05) is 0 Å². The van der Waals surface area contributed by atoms with Gasteiger partial charge in [0, 0.05) is 30.5 Å². The van der Waals surface area contributed by atoms with E-state index in [-0.39, 0.29) is 17.9 Å². The number of carbonyl (C=O) groups excluding carboxylic acids is 2. The van der Waals surface area contributed by atoms with Gasteiger partial charge in [-0.3, -0.25) is 9.59 Å². The molecule has 0 radical (unpaired) electrons. The standard InChI is InChI=1S/C32H37ClN2O2/c1-2-24-16-18-25(19-17-24)20-21-31(36)35(23-27-12-6-9-15-29(27)33)30(22-26-10-4-3-5-11-26)32(37)34-28-13-7-8-14-28/h3-6,9-12,15-19,28,30H,2,7-8,13-14,20-23H2,1H3,(H,34,37)/t30-/m1/s1. The molecule has 5 heteroatoms. The lowest BCUT2D eigenvalue weighted by atomic mass is 10.0. The number of benzene rings is 3. The maximum absolute atomic E-state index is 13.8. The van der Waals surface area contributed by atoms with Gasteiger partial charge in [-0.2, -0.15) is 0 Å². The van der Waals surface area contributed by atoms with Crippen LogP contribution in [0.2, 0.25) is 5.02 Å². The smallest absolute Gasteiger partial charge is 0.243 e. The van der Waals surface area contributed by atoms with E-state index in [1.807, 2.05) is 54.6 Å². The van der Waals surface area contributed by atoms with E-state index in [0.29, 0.717) is 30.8 Å². The van der Waals surface area contributed by atoms with E-state index in [1.54, 1.807) is 4.90 Å². The zero-order chi connectivity index (χ0) is 26.0. The van der Waals surface area contributed by atoms with Gasteiger partial charge in [0.15, 0.2) is 0 Å². The van der Waals surface area contributed by atoms with Crippen LogP contribution in [0.5, 0.6) is 0 Å². The summed E-state index contributed by atoms with van der Waals surface area (Å²) >= 11 is 6.52. The molecule has 4 nitrogen and oxygen atoms in total. The first-order valence-corrected chi connectivity index (χ1v) is 13.9. The molecule has 0 saturated heterocycles. The van der Waals surface area contributed by atoms with Crippen LogP contribution in [-0.2, 0) is 35.4 Å². The van der Waals surface area contributed by atoms with Crippen LogP contribution in [-0.4, -0.2) is 28.8 Å². The van der Waals surface area contributed by atoms with Crippen LogP contribution in [0, 0.1) is 0 Å². The molecule has 0 unspecified atom stereocenters. The maximum Gasteiger partial charge on any atom is 0.243 e. The molecule has 0 spiro atoms. The number of hydrogen-bond donors (Lipinski definition) is 1. The highest BCUT2D eigenvalue weighted by atomic mass is 35.5. The first-order valence-electron chi connectivity index (χ1n) is 13.5. The van der Waals surface area contributed by atoms with Crippen LogP contribution in [0.15, 0.2) is 78.9 Å². The zero-order valence-electron chi connectivity index (χ0n) is 21.7. The summed E-state index contributed by atoms with van der Waals surface area (Å²) in [4.78, 5) is 29.3. The minimum absolute atomic E-state index is 0.0398. The van der Waals surface area contributed by atoms with Gasteiger partial charge in [-0.15, -0.1) is 0 Å². The average molecular weight is 517 g/mol. The summed E-state index contributed by atoms with van der Waals surface area (Å²) in [5.41, 5.74) is 4.28. The van der Waals surface area contributed by atoms with Gasteiger partial charge in [0.25, 0.3) is 0 Å². The quantitative estimate of drug-likeness (QED) is 0.315. The van der Waals surface area contributed by atoms with Gasteiger partial charge in [-0.1, -0.05) is 104 Å². The summed E-state index contributed by atoms with van der Waals surface area (Å²) in [5, 5.41) is 3.86. The van der Waals surface area contributed by atoms with Crippen molar-refractivity contribution < 1.29 is 9.59 Å². The van der Waals surface area contributed by atoms with Gasteiger partial charge in [0.1, 0.15) is 6.04 Å². The van der Waals surface area contributed by atoms with Gasteiger partial charge >= 0.3 is 0 Å². The molecule has 0 bridgehead atoms. The number of aryl methyl sites for hydroxylation is 2. The predicted molar refractivity (Wildman–Crippen MR) is 150 cm³/mol. The molecule has 0 aromatic heterocycles. The summed E-state index contributed by atoms with van der Waals surface area (Å²) in [5.74, 6) is -0.120. The molecule has 194 valence electrons. The van der Waals surface area contributed by atoms with Crippen molar-refractivity contribution in [3.8, 4) is 0 Å². The molecular weight excluding hydrogens is 480 g/mol. The fourth-order valence-electron chi connectivity index (χ4n) is 5.07. The van der Waals surface area contributed by atoms with Crippen molar-refractivity contribution in [2.24, 2.45) is 0 Å². The van der Waals surface area contributed by atoms with Gasteiger partial charge < -0.3 is 10.2 Å². The van der Waals surface area contributed by atoms with E-state index in [9.17, 15) is 9.59 Å². The van der Waals surface area contributed by atoms with Crippen molar-refractivity contribution in [1.29, 1.82) is 0 Å². The van der Waals surface area contributed by atoms with Gasteiger partial charge in [-0.25, -0.2) is 0 Å². The molecule has 4 rings (SSSR count). The second-order valence-corrected chi connectivity index (χ2v) is 10.4. The molecule has 1 N–H and O–H groups in total. The van der Waals surface area contributed by atoms with Crippen LogP contribution in [0.3, 0.4) is 0 Å². The molecule has 1 saturated carbocycles. The Kier molecular flexibility index (Phi) is 9.78. The number of nitrogens with one attached hydrogen (secondary N) is 1. The Balaban J connectivity index is 1.60. The second-order valence-electron chi connectivity index (χ2n) is 9.98. The number of halogens is 1. The minimum Gasteiger partial charge on any atom is -0.352 e. The predicted octanol–water partition coefficient (Wildman–Crippen LogP) is 6.53. The lowest BCUT2D eigenvalue weighted by Crippen LogP contribution is -2.52. The van der Waals surface area contributed by atoms with Crippen molar-refractivity contribution in [1.82, 2.24) is 10.2 Å². The normalized spacial score (nSPS) is 14.3. The third kappa shape index (κ3) is 7.69. The largest absolute Gasteiger partial charge is 0.352 e. The zero-order valence-corrected chi connectivity index (χ0v) is 22.4. The van der Waals surface area contributed by atoms with Gasteiger partial charge in [-0.05, 0) is 54.0 Å². The third-order valence-corrected chi connectivity index (χ3v) is 7.70. The Bertz CT molecular complexity index is 1160. The number of amides is 2. The SMILES string of the molecule is CCc1ccc(CCC(=O)N(Cc2ccccc2Cl)[C@H](Cc2ccccc2)C(=O)NC2CCCC2)cc1.